The first kappa shape index (κ1) is 26.8. The van der Waals surface area contributed by atoms with Crippen molar-refractivity contribution in [2.45, 2.75) is 32.9 Å². The van der Waals surface area contributed by atoms with Gasteiger partial charge in [-0.1, -0.05) is 0 Å². The van der Waals surface area contributed by atoms with Gasteiger partial charge in [0.25, 0.3) is 0 Å². The number of piperazine rings is 1. The number of sulfonamides is 1. The van der Waals surface area contributed by atoms with E-state index >= 15 is 0 Å². The van der Waals surface area contributed by atoms with E-state index in [2.05, 4.69) is 42.1 Å². The summed E-state index contributed by atoms with van der Waals surface area (Å²) >= 11 is 0. The Hall–Kier alpha value is -3.75. The number of hydrogen-bond donors (Lipinski definition) is 2. The molecule has 2 atom stereocenters. The van der Waals surface area contributed by atoms with Gasteiger partial charge in [0, 0.05) is 49.5 Å². The number of rotatable bonds is 7. The zero-order valence-electron chi connectivity index (χ0n) is 22.3. The molecule has 1 saturated heterocycles. The van der Waals surface area contributed by atoms with Gasteiger partial charge in [0.1, 0.15) is 22.9 Å². The molecule has 206 valence electrons. The minimum atomic E-state index is -3.26. The summed E-state index contributed by atoms with van der Waals surface area (Å²) < 4.78 is 45.0. The second-order valence-electron chi connectivity index (χ2n) is 9.61. The molecule has 0 spiro atoms. The first-order valence-electron chi connectivity index (χ1n) is 12.4. The number of nitrogens with one attached hydrogen (secondary N) is 2. The lowest BCUT2D eigenvalue weighted by Gasteiger charge is -2.42. The van der Waals surface area contributed by atoms with E-state index in [1.807, 2.05) is 13.0 Å². The van der Waals surface area contributed by atoms with Gasteiger partial charge in [0.05, 0.1) is 31.6 Å². The number of H-pyrrole nitrogens is 1. The third-order valence-electron chi connectivity index (χ3n) is 6.91. The van der Waals surface area contributed by atoms with Crippen LogP contribution in [0.5, 0.6) is 5.88 Å². The maximum Gasteiger partial charge on any atom is 0.250 e. The normalized spacial score (nSPS) is 17.8. The minimum Gasteiger partial charge on any atom is -0.479 e. The summed E-state index contributed by atoms with van der Waals surface area (Å²) in [6, 6.07) is 3.20. The third-order valence-corrected chi connectivity index (χ3v) is 8.18. The highest BCUT2D eigenvalue weighted by molar-refractivity contribution is 7.88. The molecule has 0 aliphatic carbocycles. The number of aryl methyl sites for hydroxylation is 1. The van der Waals surface area contributed by atoms with Crippen molar-refractivity contribution in [2.24, 2.45) is 0 Å². The van der Waals surface area contributed by atoms with E-state index in [9.17, 15) is 12.8 Å². The van der Waals surface area contributed by atoms with Crippen LogP contribution < -0.4 is 10.1 Å². The molecule has 1 unspecified atom stereocenters. The number of pyridine rings is 2. The van der Waals surface area contributed by atoms with Gasteiger partial charge in [-0.2, -0.15) is 4.31 Å². The van der Waals surface area contributed by atoms with Crippen molar-refractivity contribution in [3.05, 3.63) is 48.1 Å². The van der Waals surface area contributed by atoms with Gasteiger partial charge in [-0.3, -0.25) is 4.90 Å². The van der Waals surface area contributed by atoms with Crippen molar-refractivity contribution >= 4 is 32.7 Å². The number of anilines is 2. The predicted molar refractivity (Wildman–Crippen MR) is 145 cm³/mol. The van der Waals surface area contributed by atoms with Gasteiger partial charge in [0.2, 0.25) is 15.9 Å². The van der Waals surface area contributed by atoms with Crippen LogP contribution in [-0.2, 0) is 10.0 Å². The lowest BCUT2D eigenvalue weighted by atomic mass is 10.0. The van der Waals surface area contributed by atoms with Crippen molar-refractivity contribution in [1.29, 1.82) is 0 Å². The fraction of sp³-hybridized carbons (Fsp3) is 0.400. The number of imidazole rings is 1. The number of methoxy groups -OCH3 is 1. The zero-order valence-corrected chi connectivity index (χ0v) is 23.1. The molecule has 0 saturated carbocycles. The molecule has 4 aromatic rings. The van der Waals surface area contributed by atoms with Crippen LogP contribution in [0.4, 0.5) is 15.9 Å². The van der Waals surface area contributed by atoms with Crippen molar-refractivity contribution in [2.75, 3.05) is 38.3 Å². The van der Waals surface area contributed by atoms with Gasteiger partial charge < -0.3 is 15.0 Å². The van der Waals surface area contributed by atoms with Crippen molar-refractivity contribution in [1.82, 2.24) is 39.1 Å². The molecule has 1 aliphatic heterocycles. The molecule has 1 fully saturated rings. The van der Waals surface area contributed by atoms with E-state index in [0.29, 0.717) is 59.4 Å². The zero-order chi connectivity index (χ0) is 27.9. The molecular weight excluding hydrogens is 525 g/mol. The first-order chi connectivity index (χ1) is 18.5. The first-order valence-corrected chi connectivity index (χ1v) is 14.3. The summed E-state index contributed by atoms with van der Waals surface area (Å²) in [5, 5.41) is 3.16. The van der Waals surface area contributed by atoms with E-state index < -0.39 is 15.8 Å². The van der Waals surface area contributed by atoms with Crippen molar-refractivity contribution in [3.63, 3.8) is 0 Å². The van der Waals surface area contributed by atoms with E-state index in [0.717, 1.165) is 5.56 Å². The van der Waals surface area contributed by atoms with Gasteiger partial charge in [-0.25, -0.2) is 37.7 Å². The van der Waals surface area contributed by atoms with E-state index in [1.54, 1.807) is 19.4 Å². The highest BCUT2D eigenvalue weighted by atomic mass is 32.2. The number of halogens is 1. The molecule has 2 N–H and O–H groups in total. The number of nitrogens with zero attached hydrogens (tertiary/aromatic N) is 7. The Labute approximate surface area is 225 Å². The molecule has 5 heterocycles. The SMILES string of the molecule is COc1ncc(Nc2ncc(C(C)N3CCN(S(C)(=O)=O)C[C@@H]3C)cc2-c2nc(C)nc3[nH]cnc23)cc1F. The molecule has 12 nitrogen and oxygen atoms in total. The van der Waals surface area contributed by atoms with Crippen LogP contribution in [0, 0.1) is 12.7 Å². The van der Waals surface area contributed by atoms with Crippen LogP contribution >= 0.6 is 0 Å². The number of ether oxygens (including phenoxy) is 1. The average Bonchev–Trinajstić information content (AvgIpc) is 3.36. The molecule has 0 aromatic carbocycles. The van der Waals surface area contributed by atoms with Gasteiger partial charge in [-0.15, -0.1) is 0 Å². The number of aromatic amines is 1. The standard InChI is InChI=1S/C25H30FN9O3S/c1-14-12-34(39(5,36)37)6-7-35(14)15(2)17-8-19(21-22-24(30-13-29-22)32-16(3)31-21)23(27-10-17)33-18-9-20(26)25(38-4)28-11-18/h8-11,13-15H,6-7,12H2,1-5H3,(H,27,33)(H,29,30,31,32)/t14-,15?/m0/s1. The quantitative estimate of drug-likeness (QED) is 0.349. The van der Waals surface area contributed by atoms with Crippen molar-refractivity contribution < 1.29 is 17.5 Å². The van der Waals surface area contributed by atoms with Gasteiger partial charge in [-0.05, 0) is 32.4 Å². The number of fused-ring (bicyclic) bond motifs is 1. The topological polar surface area (TPSA) is 142 Å². The molecule has 0 bridgehead atoms. The summed E-state index contributed by atoms with van der Waals surface area (Å²) in [6.45, 7) is 7.30. The third kappa shape index (κ3) is 5.40. The predicted octanol–water partition coefficient (Wildman–Crippen LogP) is 3.04. The molecular formula is C25H30FN9O3S. The molecule has 0 radical (unpaired) electrons. The maximum atomic E-state index is 14.4. The van der Waals surface area contributed by atoms with E-state index in [-0.39, 0.29) is 18.0 Å². The Morgan fingerprint density at radius 3 is 2.67 bits per heavy atom. The maximum absolute atomic E-state index is 14.4. The number of aromatic nitrogens is 6. The summed E-state index contributed by atoms with van der Waals surface area (Å²) in [5.41, 5.74) is 3.68. The smallest absolute Gasteiger partial charge is 0.250 e. The Morgan fingerprint density at radius 1 is 1.18 bits per heavy atom. The van der Waals surface area contributed by atoms with Crippen molar-refractivity contribution in [3.8, 4) is 17.1 Å². The highest BCUT2D eigenvalue weighted by Crippen LogP contribution is 2.35. The van der Waals surface area contributed by atoms with Crippen LogP contribution in [0.1, 0.15) is 31.3 Å². The molecule has 14 heteroatoms. The minimum absolute atomic E-state index is 0.00239. The highest BCUT2D eigenvalue weighted by Gasteiger charge is 2.32. The monoisotopic (exact) mass is 555 g/mol. The summed E-state index contributed by atoms with van der Waals surface area (Å²) in [7, 11) is -1.90. The molecule has 5 rings (SSSR count). The van der Waals surface area contributed by atoms with Gasteiger partial charge >= 0.3 is 0 Å². The fourth-order valence-corrected chi connectivity index (χ4v) is 5.81. The van der Waals surface area contributed by atoms with E-state index in [4.69, 9.17) is 9.72 Å². The lowest BCUT2D eigenvalue weighted by Crippen LogP contribution is -2.53. The molecule has 39 heavy (non-hydrogen) atoms. The van der Waals surface area contributed by atoms with Gasteiger partial charge in [0.15, 0.2) is 11.5 Å². The number of hydrogen-bond acceptors (Lipinski definition) is 10. The van der Waals surface area contributed by atoms with E-state index in [1.165, 1.54) is 29.9 Å². The van der Waals surface area contributed by atoms with Crippen LogP contribution in [0.2, 0.25) is 0 Å². The Balaban J connectivity index is 1.55. The largest absolute Gasteiger partial charge is 0.479 e. The van der Waals surface area contributed by atoms with Crippen LogP contribution in [0.15, 0.2) is 30.9 Å². The fourth-order valence-electron chi connectivity index (χ4n) is 4.91. The van der Waals surface area contributed by atoms with Crippen LogP contribution in [-0.4, -0.2) is 86.6 Å². The lowest BCUT2D eigenvalue weighted by molar-refractivity contribution is 0.0906. The molecule has 0 amide bonds. The average molecular weight is 556 g/mol. The summed E-state index contributed by atoms with van der Waals surface area (Å²) in [6.07, 6.45) is 6.02. The Bertz CT molecular complexity index is 1630. The molecule has 4 aromatic heterocycles. The summed E-state index contributed by atoms with van der Waals surface area (Å²) in [4.78, 5) is 27.6. The van der Waals surface area contributed by atoms with Crippen LogP contribution in [0.25, 0.3) is 22.4 Å². The summed E-state index contributed by atoms with van der Waals surface area (Å²) in [5.74, 6) is 0.278. The Morgan fingerprint density at radius 2 is 1.97 bits per heavy atom. The second kappa shape index (κ2) is 10.4. The Kier molecular flexibility index (Phi) is 7.18. The van der Waals surface area contributed by atoms with Crippen LogP contribution in [0.3, 0.4) is 0 Å². The second-order valence-corrected chi connectivity index (χ2v) is 11.6. The molecule has 1 aliphatic rings.